The molecule has 144 valence electrons. The topological polar surface area (TPSA) is 83.8 Å². The molecule has 0 aliphatic heterocycles. The molecule has 28 heavy (non-hydrogen) atoms. The number of rotatable bonds is 8. The SMILES string of the molecule is CCc1nn(Cc2cccc(OCCCN)n2)c2cccc(-n3ccnc3)c12. The van der Waals surface area contributed by atoms with Gasteiger partial charge < -0.3 is 15.0 Å². The van der Waals surface area contributed by atoms with Crippen molar-refractivity contribution in [3.05, 3.63) is 66.5 Å². The van der Waals surface area contributed by atoms with Gasteiger partial charge >= 0.3 is 0 Å². The fraction of sp³-hybridized carbons (Fsp3) is 0.286. The summed E-state index contributed by atoms with van der Waals surface area (Å²) in [6, 6.07) is 12.1. The minimum atomic E-state index is 0.575. The first kappa shape index (κ1) is 18.2. The van der Waals surface area contributed by atoms with Gasteiger partial charge in [0.05, 0.1) is 42.1 Å². The summed E-state index contributed by atoms with van der Waals surface area (Å²) in [4.78, 5) is 8.79. The molecule has 0 unspecified atom stereocenters. The van der Waals surface area contributed by atoms with E-state index in [1.807, 2.05) is 40.0 Å². The number of imidazole rings is 1. The van der Waals surface area contributed by atoms with Crippen LogP contribution in [0.25, 0.3) is 16.6 Å². The largest absolute Gasteiger partial charge is 0.478 e. The zero-order valence-corrected chi connectivity index (χ0v) is 16.0. The lowest BCUT2D eigenvalue weighted by Crippen LogP contribution is -2.08. The fourth-order valence-corrected chi connectivity index (χ4v) is 3.31. The van der Waals surface area contributed by atoms with Gasteiger partial charge in [0.15, 0.2) is 0 Å². The van der Waals surface area contributed by atoms with Crippen LogP contribution in [0.3, 0.4) is 0 Å². The predicted molar refractivity (Wildman–Crippen MR) is 109 cm³/mol. The van der Waals surface area contributed by atoms with E-state index in [-0.39, 0.29) is 0 Å². The van der Waals surface area contributed by atoms with Gasteiger partial charge in [-0.15, -0.1) is 0 Å². The van der Waals surface area contributed by atoms with Crippen molar-refractivity contribution in [2.45, 2.75) is 26.3 Å². The molecule has 0 spiro atoms. The van der Waals surface area contributed by atoms with Gasteiger partial charge in [-0.3, -0.25) is 4.68 Å². The second-order valence-electron chi connectivity index (χ2n) is 6.56. The van der Waals surface area contributed by atoms with E-state index in [2.05, 4.69) is 35.1 Å². The molecule has 4 rings (SSSR count). The third-order valence-corrected chi connectivity index (χ3v) is 4.64. The Morgan fingerprint density at radius 3 is 2.82 bits per heavy atom. The lowest BCUT2D eigenvalue weighted by Gasteiger charge is -2.08. The standard InChI is InChI=1S/C21H24N6O/c1-2-17-21-18(26-12-11-23-15-26)7-4-8-19(21)27(25-17)14-16-6-3-9-20(24-16)28-13-5-10-22/h3-4,6-9,11-12,15H,2,5,10,13-14,22H2,1H3. The third-order valence-electron chi connectivity index (χ3n) is 4.64. The van der Waals surface area contributed by atoms with E-state index in [9.17, 15) is 0 Å². The van der Waals surface area contributed by atoms with Crippen LogP contribution < -0.4 is 10.5 Å². The fourth-order valence-electron chi connectivity index (χ4n) is 3.31. The first-order valence-electron chi connectivity index (χ1n) is 9.55. The molecule has 3 heterocycles. The lowest BCUT2D eigenvalue weighted by molar-refractivity contribution is 0.300. The number of hydrogen-bond donors (Lipinski definition) is 1. The van der Waals surface area contributed by atoms with Crippen molar-refractivity contribution in [1.29, 1.82) is 0 Å². The van der Waals surface area contributed by atoms with Gasteiger partial charge in [0.25, 0.3) is 0 Å². The molecule has 7 heteroatoms. The van der Waals surface area contributed by atoms with Crippen LogP contribution >= 0.6 is 0 Å². The Kier molecular flexibility index (Phi) is 5.34. The number of hydrogen-bond acceptors (Lipinski definition) is 5. The highest BCUT2D eigenvalue weighted by molar-refractivity contribution is 5.90. The number of nitrogens with two attached hydrogens (primary N) is 1. The maximum atomic E-state index is 5.68. The zero-order valence-electron chi connectivity index (χ0n) is 16.0. The summed E-state index contributed by atoms with van der Waals surface area (Å²) in [7, 11) is 0. The minimum Gasteiger partial charge on any atom is -0.478 e. The van der Waals surface area contributed by atoms with Gasteiger partial charge in [-0.25, -0.2) is 9.97 Å². The van der Waals surface area contributed by atoms with Crippen molar-refractivity contribution in [1.82, 2.24) is 24.3 Å². The Labute approximate surface area is 163 Å². The summed E-state index contributed by atoms with van der Waals surface area (Å²) in [6.07, 6.45) is 7.22. The Morgan fingerprint density at radius 1 is 1.14 bits per heavy atom. The molecule has 0 aliphatic carbocycles. The molecule has 3 aromatic heterocycles. The van der Waals surface area contributed by atoms with Crippen LogP contribution in [-0.2, 0) is 13.0 Å². The summed E-state index contributed by atoms with van der Waals surface area (Å²) >= 11 is 0. The third kappa shape index (κ3) is 3.61. The highest BCUT2D eigenvalue weighted by Gasteiger charge is 2.15. The Balaban J connectivity index is 1.69. The summed E-state index contributed by atoms with van der Waals surface area (Å²) in [5, 5.41) is 6.02. The van der Waals surface area contributed by atoms with Crippen LogP contribution in [-0.4, -0.2) is 37.5 Å². The first-order chi connectivity index (χ1) is 13.8. The van der Waals surface area contributed by atoms with Crippen molar-refractivity contribution in [2.24, 2.45) is 5.73 Å². The van der Waals surface area contributed by atoms with Crippen molar-refractivity contribution in [3.63, 3.8) is 0 Å². The van der Waals surface area contributed by atoms with Crippen LogP contribution in [0.1, 0.15) is 24.7 Å². The van der Waals surface area contributed by atoms with Gasteiger partial charge in [0, 0.05) is 23.8 Å². The first-order valence-corrected chi connectivity index (χ1v) is 9.55. The van der Waals surface area contributed by atoms with E-state index >= 15 is 0 Å². The molecule has 0 bridgehead atoms. The van der Waals surface area contributed by atoms with Crippen LogP contribution in [0, 0.1) is 0 Å². The molecule has 0 fully saturated rings. The van der Waals surface area contributed by atoms with Crippen molar-refractivity contribution >= 4 is 10.9 Å². The van der Waals surface area contributed by atoms with Crippen LogP contribution in [0.5, 0.6) is 5.88 Å². The Hall–Kier alpha value is -3.19. The highest BCUT2D eigenvalue weighted by Crippen LogP contribution is 2.27. The van der Waals surface area contributed by atoms with E-state index in [0.29, 0.717) is 25.6 Å². The van der Waals surface area contributed by atoms with Gasteiger partial charge in [-0.05, 0) is 37.6 Å². The van der Waals surface area contributed by atoms with Gasteiger partial charge in [0.1, 0.15) is 0 Å². The molecule has 0 saturated carbocycles. The smallest absolute Gasteiger partial charge is 0.213 e. The molecule has 0 aliphatic rings. The number of pyridine rings is 1. The van der Waals surface area contributed by atoms with E-state index in [0.717, 1.165) is 40.8 Å². The minimum absolute atomic E-state index is 0.575. The Morgan fingerprint density at radius 2 is 2.04 bits per heavy atom. The maximum Gasteiger partial charge on any atom is 0.213 e. The van der Waals surface area contributed by atoms with Crippen LogP contribution in [0.4, 0.5) is 0 Å². The highest BCUT2D eigenvalue weighted by atomic mass is 16.5. The number of benzene rings is 1. The molecule has 7 nitrogen and oxygen atoms in total. The van der Waals surface area contributed by atoms with E-state index < -0.39 is 0 Å². The van der Waals surface area contributed by atoms with Crippen LogP contribution in [0.2, 0.25) is 0 Å². The van der Waals surface area contributed by atoms with E-state index in [1.165, 1.54) is 0 Å². The quantitative estimate of drug-likeness (QED) is 0.478. The molecular formula is C21H24N6O. The van der Waals surface area contributed by atoms with Crippen molar-refractivity contribution < 1.29 is 4.74 Å². The maximum absolute atomic E-state index is 5.68. The van der Waals surface area contributed by atoms with E-state index in [4.69, 9.17) is 15.6 Å². The molecule has 0 atom stereocenters. The lowest BCUT2D eigenvalue weighted by atomic mass is 10.1. The van der Waals surface area contributed by atoms with Gasteiger partial charge in [-0.2, -0.15) is 5.10 Å². The predicted octanol–water partition coefficient (Wildman–Crippen LogP) is 2.96. The second kappa shape index (κ2) is 8.22. The number of fused-ring (bicyclic) bond motifs is 1. The number of aryl methyl sites for hydroxylation is 1. The average Bonchev–Trinajstić information content (AvgIpc) is 3.37. The van der Waals surface area contributed by atoms with Crippen molar-refractivity contribution in [2.75, 3.05) is 13.2 Å². The second-order valence-corrected chi connectivity index (χ2v) is 6.56. The summed E-state index contributed by atoms with van der Waals surface area (Å²) < 4.78 is 9.72. The summed E-state index contributed by atoms with van der Waals surface area (Å²) in [6.45, 7) is 3.89. The normalized spacial score (nSPS) is 11.2. The Bertz CT molecular complexity index is 1050. The molecule has 1 aromatic carbocycles. The van der Waals surface area contributed by atoms with Gasteiger partial charge in [0.2, 0.25) is 5.88 Å². The molecule has 2 N–H and O–H groups in total. The van der Waals surface area contributed by atoms with Crippen molar-refractivity contribution in [3.8, 4) is 11.6 Å². The molecular weight excluding hydrogens is 352 g/mol. The molecule has 4 aromatic rings. The monoisotopic (exact) mass is 376 g/mol. The van der Waals surface area contributed by atoms with E-state index in [1.54, 1.807) is 6.20 Å². The van der Waals surface area contributed by atoms with Gasteiger partial charge in [-0.1, -0.05) is 19.1 Å². The number of ether oxygens (including phenoxy) is 1. The zero-order chi connectivity index (χ0) is 19.3. The summed E-state index contributed by atoms with van der Waals surface area (Å²) in [5.41, 5.74) is 9.67. The number of nitrogens with zero attached hydrogens (tertiary/aromatic N) is 5. The average molecular weight is 376 g/mol. The molecule has 0 radical (unpaired) electrons. The number of aromatic nitrogens is 5. The summed E-state index contributed by atoms with van der Waals surface area (Å²) in [5.74, 6) is 0.622. The molecule has 0 saturated heterocycles. The van der Waals surface area contributed by atoms with Crippen LogP contribution in [0.15, 0.2) is 55.1 Å². The molecule has 0 amide bonds.